The second kappa shape index (κ2) is 5.51. The Kier molecular flexibility index (Phi) is 4.15. The van der Waals surface area contributed by atoms with E-state index in [1.54, 1.807) is 6.08 Å². The van der Waals surface area contributed by atoms with Gasteiger partial charge in [0.15, 0.2) is 17.9 Å². The summed E-state index contributed by atoms with van der Waals surface area (Å²) in [4.78, 5) is 0. The lowest BCUT2D eigenvalue weighted by molar-refractivity contribution is -0.241. The van der Waals surface area contributed by atoms with Crippen molar-refractivity contribution in [1.29, 1.82) is 0 Å². The van der Waals surface area contributed by atoms with Crippen molar-refractivity contribution in [2.24, 2.45) is 5.92 Å². The maximum absolute atomic E-state index is 11.4. The van der Waals surface area contributed by atoms with Crippen LogP contribution in [0.25, 0.3) is 0 Å². The first-order chi connectivity index (χ1) is 10.5. The van der Waals surface area contributed by atoms with Crippen molar-refractivity contribution >= 4 is 0 Å². The highest BCUT2D eigenvalue weighted by molar-refractivity contribution is 5.18. The molecule has 3 rings (SSSR count). The zero-order valence-corrected chi connectivity index (χ0v) is 14.7. The molecule has 3 aliphatic heterocycles. The van der Waals surface area contributed by atoms with Crippen molar-refractivity contribution in [2.75, 3.05) is 6.61 Å². The number of rotatable bonds is 3. The van der Waals surface area contributed by atoms with Crippen molar-refractivity contribution in [2.45, 2.75) is 83.3 Å². The topological polar surface area (TPSA) is 66.4 Å². The lowest BCUT2D eigenvalue weighted by Crippen LogP contribution is -2.52. The molecule has 0 aromatic heterocycles. The molecule has 0 saturated carbocycles. The summed E-state index contributed by atoms with van der Waals surface area (Å²) < 4.78 is 29.2. The first kappa shape index (κ1) is 17.3. The predicted molar refractivity (Wildman–Crippen MR) is 82.5 cm³/mol. The van der Waals surface area contributed by atoms with Crippen molar-refractivity contribution in [3.63, 3.8) is 0 Å². The highest BCUT2D eigenvalue weighted by atomic mass is 16.8. The summed E-state index contributed by atoms with van der Waals surface area (Å²) in [6, 6.07) is 0. The molecule has 5 atom stereocenters. The van der Waals surface area contributed by atoms with E-state index in [2.05, 4.69) is 13.8 Å². The van der Waals surface area contributed by atoms with Gasteiger partial charge >= 0.3 is 0 Å². The van der Waals surface area contributed by atoms with Crippen LogP contribution in [-0.4, -0.2) is 53.5 Å². The smallest absolute Gasteiger partial charge is 0.191 e. The molecule has 1 unspecified atom stereocenters. The Morgan fingerprint density at radius 2 is 1.70 bits per heavy atom. The fraction of sp³-hybridized carbons (Fsp3) is 0.882. The number of hydrogen-bond acceptors (Lipinski definition) is 6. The summed E-state index contributed by atoms with van der Waals surface area (Å²) in [5, 5.41) is 11.4. The van der Waals surface area contributed by atoms with Crippen LogP contribution in [-0.2, 0) is 23.7 Å². The first-order valence-electron chi connectivity index (χ1n) is 8.27. The molecular formula is C17H28O6. The van der Waals surface area contributed by atoms with Crippen LogP contribution in [0.1, 0.15) is 41.5 Å². The minimum absolute atomic E-state index is 0.297. The van der Waals surface area contributed by atoms with E-state index < -0.39 is 35.7 Å². The third-order valence-corrected chi connectivity index (χ3v) is 4.37. The second-order valence-electron chi connectivity index (χ2n) is 7.84. The molecule has 0 aromatic rings. The summed E-state index contributed by atoms with van der Waals surface area (Å²) in [5.41, 5.74) is -1.32. The van der Waals surface area contributed by atoms with Gasteiger partial charge in [-0.2, -0.15) is 0 Å². The van der Waals surface area contributed by atoms with Gasteiger partial charge < -0.3 is 28.8 Å². The molecule has 1 N–H and O–H groups in total. The molecule has 0 aliphatic carbocycles. The lowest BCUT2D eigenvalue weighted by Gasteiger charge is -2.34. The Morgan fingerprint density at radius 1 is 1.00 bits per heavy atom. The lowest BCUT2D eigenvalue weighted by atomic mass is 9.88. The molecule has 3 aliphatic rings. The number of hydrogen-bond donors (Lipinski definition) is 1. The maximum Gasteiger partial charge on any atom is 0.191 e. The van der Waals surface area contributed by atoms with E-state index in [0.29, 0.717) is 12.5 Å². The molecule has 3 saturated heterocycles. The van der Waals surface area contributed by atoms with E-state index in [-0.39, 0.29) is 6.10 Å². The van der Waals surface area contributed by atoms with Gasteiger partial charge in [-0.15, -0.1) is 0 Å². The fourth-order valence-corrected chi connectivity index (χ4v) is 3.34. The van der Waals surface area contributed by atoms with Crippen molar-refractivity contribution in [3.8, 4) is 0 Å². The highest BCUT2D eigenvalue weighted by Gasteiger charge is 2.65. The maximum atomic E-state index is 11.4. The zero-order valence-electron chi connectivity index (χ0n) is 14.7. The van der Waals surface area contributed by atoms with Gasteiger partial charge in [0.05, 0.1) is 6.61 Å². The van der Waals surface area contributed by atoms with Crippen molar-refractivity contribution in [3.05, 3.63) is 12.2 Å². The van der Waals surface area contributed by atoms with Gasteiger partial charge in [-0.25, -0.2) is 0 Å². The van der Waals surface area contributed by atoms with E-state index in [1.165, 1.54) is 0 Å². The Labute approximate surface area is 137 Å². The van der Waals surface area contributed by atoms with Crippen LogP contribution in [0.4, 0.5) is 0 Å². The average molecular weight is 328 g/mol. The first-order valence-corrected chi connectivity index (χ1v) is 8.27. The van der Waals surface area contributed by atoms with Crippen molar-refractivity contribution < 1.29 is 28.8 Å². The number of aliphatic hydroxyl groups is 1. The fourth-order valence-electron chi connectivity index (χ4n) is 3.34. The summed E-state index contributed by atoms with van der Waals surface area (Å²) in [6.07, 6.45) is 1.52. The molecule has 3 fully saturated rings. The van der Waals surface area contributed by atoms with Crippen molar-refractivity contribution in [1.82, 2.24) is 0 Å². The number of fused-ring (bicyclic) bond motifs is 1. The molecule has 0 spiro atoms. The summed E-state index contributed by atoms with van der Waals surface area (Å²) in [5.74, 6) is -1.17. The van der Waals surface area contributed by atoms with Gasteiger partial charge in [0.1, 0.15) is 23.9 Å². The molecule has 6 heteroatoms. The largest absolute Gasteiger partial charge is 0.380 e. The van der Waals surface area contributed by atoms with E-state index >= 15 is 0 Å². The Morgan fingerprint density at radius 3 is 2.26 bits per heavy atom. The van der Waals surface area contributed by atoms with Crippen LogP contribution in [0.15, 0.2) is 12.2 Å². The van der Waals surface area contributed by atoms with Crippen LogP contribution >= 0.6 is 0 Å². The molecule has 0 aromatic carbocycles. The van der Waals surface area contributed by atoms with Crippen LogP contribution in [0.2, 0.25) is 0 Å². The van der Waals surface area contributed by atoms with Crippen LogP contribution in [0.5, 0.6) is 0 Å². The number of ether oxygens (including phenoxy) is 5. The monoisotopic (exact) mass is 328 g/mol. The van der Waals surface area contributed by atoms with Crippen LogP contribution < -0.4 is 0 Å². The van der Waals surface area contributed by atoms with Gasteiger partial charge in [0.25, 0.3) is 0 Å². The average Bonchev–Trinajstić information content (AvgIpc) is 2.99. The number of allylic oxidation sites excluding steroid dienone is 1. The molecule has 0 bridgehead atoms. The van der Waals surface area contributed by atoms with Gasteiger partial charge in [0, 0.05) is 0 Å². The normalized spacial score (nSPS) is 45.2. The molecule has 0 amide bonds. The highest BCUT2D eigenvalue weighted by Crippen LogP contribution is 2.46. The minimum Gasteiger partial charge on any atom is -0.380 e. The summed E-state index contributed by atoms with van der Waals surface area (Å²) >= 11 is 0. The molecule has 3 heterocycles. The third-order valence-electron chi connectivity index (χ3n) is 4.37. The Bertz CT molecular complexity index is 485. The third kappa shape index (κ3) is 3.21. The Hall–Kier alpha value is -0.500. The molecule has 0 radical (unpaired) electrons. The van der Waals surface area contributed by atoms with Gasteiger partial charge in [-0.1, -0.05) is 26.0 Å². The van der Waals surface area contributed by atoms with Gasteiger partial charge in [0.2, 0.25) is 0 Å². The Balaban J connectivity index is 1.87. The zero-order chi connectivity index (χ0) is 17.0. The van der Waals surface area contributed by atoms with E-state index in [4.69, 9.17) is 23.7 Å². The molecular weight excluding hydrogens is 300 g/mol. The van der Waals surface area contributed by atoms with Gasteiger partial charge in [-0.05, 0) is 33.6 Å². The minimum atomic E-state index is -1.32. The quantitative estimate of drug-likeness (QED) is 0.799. The second-order valence-corrected chi connectivity index (χ2v) is 7.84. The molecule has 132 valence electrons. The van der Waals surface area contributed by atoms with E-state index in [9.17, 15) is 5.11 Å². The van der Waals surface area contributed by atoms with Crippen LogP contribution in [0, 0.1) is 5.92 Å². The molecule has 23 heavy (non-hydrogen) atoms. The van der Waals surface area contributed by atoms with Crippen LogP contribution in [0.3, 0.4) is 0 Å². The SMILES string of the molecule is CC(C)/C=C/[C@@]1(O)C([C@@H]2COC(C)(C)O2)O[C@@H]2OC(C)(C)O[C@@H]21. The summed E-state index contributed by atoms with van der Waals surface area (Å²) in [7, 11) is 0. The predicted octanol–water partition coefficient (Wildman–Crippen LogP) is 1.96. The standard InChI is InChI=1S/C17H28O6/c1-10(2)7-8-17(18)12(11-9-19-15(3,4)21-11)20-14-13(17)22-16(5,6)23-14/h7-8,10-14,18H,9H2,1-6H3/b8-7+/t11-,12?,13-,14+,17+/m0/s1. The van der Waals surface area contributed by atoms with E-state index in [0.717, 1.165) is 0 Å². The summed E-state index contributed by atoms with van der Waals surface area (Å²) in [6.45, 7) is 11.8. The van der Waals surface area contributed by atoms with E-state index in [1.807, 2.05) is 33.8 Å². The molecule has 6 nitrogen and oxygen atoms in total. The van der Waals surface area contributed by atoms with Gasteiger partial charge in [-0.3, -0.25) is 0 Å².